The number of thiophene rings is 1. The SMILES string of the molecule is CSc1ccc(-c2noc(C3CC(=O)N(CCc4cccs4)C3)n2)cc1. The lowest BCUT2D eigenvalue weighted by molar-refractivity contribution is -0.127. The Balaban J connectivity index is 1.41. The molecular formula is C19H19N3O2S2. The predicted octanol–water partition coefficient (Wildman–Crippen LogP) is 4.08. The minimum atomic E-state index is -0.0162. The fraction of sp³-hybridized carbons (Fsp3) is 0.316. The predicted molar refractivity (Wildman–Crippen MR) is 103 cm³/mol. The maximum absolute atomic E-state index is 12.3. The summed E-state index contributed by atoms with van der Waals surface area (Å²) in [6.07, 6.45) is 3.38. The van der Waals surface area contributed by atoms with Crippen molar-refractivity contribution in [1.29, 1.82) is 0 Å². The molecule has 0 bridgehead atoms. The summed E-state index contributed by atoms with van der Waals surface area (Å²) in [5.74, 6) is 1.28. The van der Waals surface area contributed by atoms with E-state index >= 15 is 0 Å². The van der Waals surface area contributed by atoms with Crippen LogP contribution in [0, 0.1) is 0 Å². The number of amides is 1. The van der Waals surface area contributed by atoms with Gasteiger partial charge in [-0.05, 0) is 48.4 Å². The molecule has 1 aliphatic rings. The molecule has 0 spiro atoms. The molecule has 1 saturated heterocycles. The summed E-state index contributed by atoms with van der Waals surface area (Å²) in [7, 11) is 0. The van der Waals surface area contributed by atoms with Crippen molar-refractivity contribution in [2.45, 2.75) is 23.7 Å². The first-order valence-electron chi connectivity index (χ1n) is 8.51. The monoisotopic (exact) mass is 385 g/mol. The largest absolute Gasteiger partial charge is 0.342 e. The molecule has 134 valence electrons. The molecular weight excluding hydrogens is 366 g/mol. The zero-order valence-electron chi connectivity index (χ0n) is 14.4. The normalized spacial score (nSPS) is 17.2. The van der Waals surface area contributed by atoms with Crippen LogP contribution >= 0.6 is 23.1 Å². The number of carbonyl (C=O) groups is 1. The molecule has 0 radical (unpaired) electrons. The third kappa shape index (κ3) is 3.68. The second-order valence-corrected chi connectivity index (χ2v) is 8.17. The van der Waals surface area contributed by atoms with E-state index in [1.807, 2.05) is 41.5 Å². The van der Waals surface area contributed by atoms with E-state index in [0.29, 0.717) is 24.7 Å². The highest BCUT2D eigenvalue weighted by atomic mass is 32.2. The lowest BCUT2D eigenvalue weighted by Crippen LogP contribution is -2.27. The van der Waals surface area contributed by atoms with Gasteiger partial charge >= 0.3 is 0 Å². The van der Waals surface area contributed by atoms with Gasteiger partial charge < -0.3 is 9.42 Å². The second kappa shape index (κ2) is 7.63. The van der Waals surface area contributed by atoms with Gasteiger partial charge in [0.1, 0.15) is 0 Å². The van der Waals surface area contributed by atoms with E-state index in [1.54, 1.807) is 23.1 Å². The number of likely N-dealkylation sites (tertiary alicyclic amines) is 1. The molecule has 5 nitrogen and oxygen atoms in total. The zero-order chi connectivity index (χ0) is 17.9. The Kier molecular flexibility index (Phi) is 5.08. The van der Waals surface area contributed by atoms with E-state index in [-0.39, 0.29) is 11.8 Å². The minimum absolute atomic E-state index is 0.0162. The van der Waals surface area contributed by atoms with Crippen LogP contribution in [0.3, 0.4) is 0 Å². The van der Waals surface area contributed by atoms with Crippen LogP contribution in [0.2, 0.25) is 0 Å². The van der Waals surface area contributed by atoms with Crippen molar-refractivity contribution >= 4 is 29.0 Å². The second-order valence-electron chi connectivity index (χ2n) is 6.25. The lowest BCUT2D eigenvalue weighted by Gasteiger charge is -2.15. The molecule has 3 heterocycles. The van der Waals surface area contributed by atoms with Crippen molar-refractivity contribution < 1.29 is 9.32 Å². The summed E-state index contributed by atoms with van der Waals surface area (Å²) in [5.41, 5.74) is 0.927. The molecule has 1 amide bonds. The summed E-state index contributed by atoms with van der Waals surface area (Å²) in [6.45, 7) is 1.39. The number of benzene rings is 1. The lowest BCUT2D eigenvalue weighted by atomic mass is 10.1. The first-order chi connectivity index (χ1) is 12.7. The van der Waals surface area contributed by atoms with Crippen molar-refractivity contribution in [2.24, 2.45) is 0 Å². The molecule has 0 saturated carbocycles. The van der Waals surface area contributed by atoms with Crippen LogP contribution in [0.1, 0.15) is 23.1 Å². The Morgan fingerprint density at radius 2 is 2.15 bits per heavy atom. The van der Waals surface area contributed by atoms with E-state index in [2.05, 4.69) is 21.6 Å². The first-order valence-corrected chi connectivity index (χ1v) is 10.6. The van der Waals surface area contributed by atoms with E-state index in [0.717, 1.165) is 18.5 Å². The van der Waals surface area contributed by atoms with Gasteiger partial charge in [0.05, 0.1) is 5.92 Å². The average molecular weight is 386 g/mol. The van der Waals surface area contributed by atoms with Crippen molar-refractivity contribution in [2.75, 3.05) is 19.3 Å². The van der Waals surface area contributed by atoms with Gasteiger partial charge in [-0.2, -0.15) is 4.98 Å². The molecule has 2 aromatic heterocycles. The molecule has 1 fully saturated rings. The molecule has 1 unspecified atom stereocenters. The van der Waals surface area contributed by atoms with Gasteiger partial charge in [0, 0.05) is 34.8 Å². The van der Waals surface area contributed by atoms with Gasteiger partial charge in [-0.25, -0.2) is 0 Å². The highest BCUT2D eigenvalue weighted by Crippen LogP contribution is 2.29. The summed E-state index contributed by atoms with van der Waals surface area (Å²) in [4.78, 5) is 21.2. The quantitative estimate of drug-likeness (QED) is 0.599. The van der Waals surface area contributed by atoms with E-state index in [1.165, 1.54) is 9.77 Å². The Bertz CT molecular complexity index is 875. The maximum Gasteiger partial charge on any atom is 0.232 e. The van der Waals surface area contributed by atoms with Crippen LogP contribution in [-0.4, -0.2) is 40.3 Å². The van der Waals surface area contributed by atoms with Crippen LogP contribution in [0.4, 0.5) is 0 Å². The average Bonchev–Trinajstić information content (AvgIpc) is 3.41. The molecule has 0 aliphatic carbocycles. The highest BCUT2D eigenvalue weighted by Gasteiger charge is 2.34. The fourth-order valence-electron chi connectivity index (χ4n) is 3.11. The summed E-state index contributed by atoms with van der Waals surface area (Å²) in [5, 5.41) is 6.17. The maximum atomic E-state index is 12.3. The molecule has 7 heteroatoms. The number of nitrogens with zero attached hydrogens (tertiary/aromatic N) is 3. The van der Waals surface area contributed by atoms with E-state index < -0.39 is 0 Å². The third-order valence-electron chi connectivity index (χ3n) is 4.56. The van der Waals surface area contributed by atoms with Crippen LogP contribution in [0.5, 0.6) is 0 Å². The standard InChI is InChI=1S/C19H19N3O2S2/c1-25-15-6-4-13(5-7-15)18-20-19(24-21-18)14-11-17(23)22(12-14)9-8-16-3-2-10-26-16/h2-7,10,14H,8-9,11-12H2,1H3. The fourth-order valence-corrected chi connectivity index (χ4v) is 4.22. The first kappa shape index (κ1) is 17.3. The van der Waals surface area contributed by atoms with Gasteiger partial charge in [-0.15, -0.1) is 23.1 Å². The molecule has 0 N–H and O–H groups in total. The Hall–Kier alpha value is -2.12. The Morgan fingerprint density at radius 3 is 2.88 bits per heavy atom. The van der Waals surface area contributed by atoms with E-state index in [4.69, 9.17) is 4.52 Å². The molecule has 4 rings (SSSR count). The molecule has 1 aliphatic heterocycles. The zero-order valence-corrected chi connectivity index (χ0v) is 16.1. The van der Waals surface area contributed by atoms with Crippen molar-refractivity contribution in [3.8, 4) is 11.4 Å². The molecule has 1 aromatic carbocycles. The van der Waals surface area contributed by atoms with Crippen molar-refractivity contribution in [3.05, 3.63) is 52.5 Å². The van der Waals surface area contributed by atoms with Gasteiger partial charge in [0.15, 0.2) is 0 Å². The number of thioether (sulfide) groups is 1. The molecule has 26 heavy (non-hydrogen) atoms. The summed E-state index contributed by atoms with van der Waals surface area (Å²) < 4.78 is 5.46. The summed E-state index contributed by atoms with van der Waals surface area (Å²) >= 11 is 3.42. The van der Waals surface area contributed by atoms with Crippen LogP contribution in [0.25, 0.3) is 11.4 Å². The highest BCUT2D eigenvalue weighted by molar-refractivity contribution is 7.98. The summed E-state index contributed by atoms with van der Waals surface area (Å²) in [6, 6.07) is 12.2. The van der Waals surface area contributed by atoms with Crippen molar-refractivity contribution in [3.63, 3.8) is 0 Å². The number of rotatable bonds is 6. The minimum Gasteiger partial charge on any atom is -0.342 e. The Labute approximate surface area is 160 Å². The van der Waals surface area contributed by atoms with E-state index in [9.17, 15) is 4.79 Å². The number of aromatic nitrogens is 2. The Morgan fingerprint density at radius 1 is 1.31 bits per heavy atom. The number of hydrogen-bond donors (Lipinski definition) is 0. The third-order valence-corrected chi connectivity index (χ3v) is 6.24. The van der Waals surface area contributed by atoms with Gasteiger partial charge in [-0.1, -0.05) is 11.2 Å². The number of hydrogen-bond acceptors (Lipinski definition) is 6. The van der Waals surface area contributed by atoms with Gasteiger partial charge in [0.25, 0.3) is 0 Å². The smallest absolute Gasteiger partial charge is 0.232 e. The van der Waals surface area contributed by atoms with Crippen LogP contribution in [-0.2, 0) is 11.2 Å². The van der Waals surface area contributed by atoms with Gasteiger partial charge in [-0.3, -0.25) is 4.79 Å². The number of carbonyl (C=O) groups excluding carboxylic acids is 1. The van der Waals surface area contributed by atoms with Gasteiger partial charge in [0.2, 0.25) is 17.6 Å². The van der Waals surface area contributed by atoms with Crippen molar-refractivity contribution in [1.82, 2.24) is 15.0 Å². The van der Waals surface area contributed by atoms with Crippen LogP contribution in [0.15, 0.2) is 51.2 Å². The topological polar surface area (TPSA) is 59.2 Å². The van der Waals surface area contributed by atoms with Crippen LogP contribution < -0.4 is 0 Å². The molecule has 3 aromatic rings. The molecule has 1 atom stereocenters.